The molecule has 0 fully saturated rings. The van der Waals surface area contributed by atoms with Gasteiger partial charge in [-0.3, -0.25) is 0 Å². The lowest BCUT2D eigenvalue weighted by molar-refractivity contribution is 1.40. The molecule has 0 radical (unpaired) electrons. The van der Waals surface area contributed by atoms with Crippen molar-refractivity contribution in [3.63, 3.8) is 0 Å². The zero-order valence-corrected chi connectivity index (χ0v) is 12.9. The van der Waals surface area contributed by atoms with Crippen molar-refractivity contribution in [1.29, 1.82) is 0 Å². The molecule has 0 aromatic heterocycles. The van der Waals surface area contributed by atoms with E-state index in [2.05, 4.69) is 91.0 Å². The maximum absolute atomic E-state index is 4.72. The van der Waals surface area contributed by atoms with Crippen LogP contribution in [-0.4, -0.2) is 6.30 Å². The molecule has 0 aliphatic carbocycles. The molecule has 0 saturated carbocycles. The molecule has 3 aromatic carbocycles. The van der Waals surface area contributed by atoms with Gasteiger partial charge < -0.3 is 0 Å². The molecule has 0 aliphatic heterocycles. The van der Waals surface area contributed by atoms with Gasteiger partial charge in [0.15, 0.2) is 0 Å². The summed E-state index contributed by atoms with van der Waals surface area (Å²) in [5, 5.41) is 2.72. The first-order valence-corrected chi connectivity index (χ1v) is 9.32. The van der Waals surface area contributed by atoms with Crippen LogP contribution in [0.5, 0.6) is 0 Å². The van der Waals surface area contributed by atoms with Gasteiger partial charge in [-0.15, -0.1) is 0 Å². The fraction of sp³-hybridized carbons (Fsp3) is 0.0500. The average Bonchev–Trinajstić information content (AvgIpc) is 2.57. The van der Waals surface area contributed by atoms with Gasteiger partial charge >= 0.3 is 0 Å². The van der Waals surface area contributed by atoms with Crippen LogP contribution in [0.15, 0.2) is 91.0 Å². The maximum Gasteiger partial charge on any atom is -0.000401 e. The largest absolute Gasteiger partial charge is 0.0923 e. The van der Waals surface area contributed by atoms with E-state index in [1.54, 1.807) is 0 Å². The third-order valence-corrected chi connectivity index (χ3v) is 7.27. The average molecular weight is 290 g/mol. The van der Waals surface area contributed by atoms with Crippen molar-refractivity contribution in [3.05, 3.63) is 96.6 Å². The molecule has 0 spiro atoms. The van der Waals surface area contributed by atoms with Gasteiger partial charge in [-0.25, -0.2) is 0 Å². The van der Waals surface area contributed by atoms with Crippen LogP contribution in [0, 0.1) is 0 Å². The van der Waals surface area contributed by atoms with Crippen LogP contribution in [0.1, 0.15) is 5.56 Å². The molecule has 0 amide bonds. The summed E-state index contributed by atoms with van der Waals surface area (Å²) in [7, 11) is 0. The predicted molar refractivity (Wildman–Crippen MR) is 96.3 cm³/mol. The van der Waals surface area contributed by atoms with Crippen molar-refractivity contribution in [1.82, 2.24) is 0 Å². The minimum Gasteiger partial charge on any atom is -0.0923 e. The zero-order valence-electron chi connectivity index (χ0n) is 12.0. The van der Waals surface area contributed by atoms with E-state index >= 15 is 0 Å². The lowest BCUT2D eigenvalue weighted by Crippen LogP contribution is -2.17. The van der Waals surface area contributed by atoms with Gasteiger partial charge in [0.05, 0.1) is 0 Å². The van der Waals surface area contributed by atoms with E-state index in [4.69, 9.17) is 6.30 Å². The highest BCUT2D eigenvalue weighted by atomic mass is 31.2. The fourth-order valence-corrected chi connectivity index (χ4v) is 5.64. The highest BCUT2D eigenvalue weighted by Gasteiger charge is 2.19. The molecule has 0 unspecified atom stereocenters. The molecule has 0 nitrogen and oxygen atoms in total. The second kappa shape index (κ2) is 6.16. The van der Waals surface area contributed by atoms with Crippen molar-refractivity contribution >= 4 is 23.8 Å². The van der Waals surface area contributed by atoms with E-state index in [0.29, 0.717) is 0 Å². The van der Waals surface area contributed by atoms with Crippen LogP contribution >= 0.6 is 6.89 Å². The van der Waals surface area contributed by atoms with Crippen molar-refractivity contribution in [2.24, 2.45) is 0 Å². The Labute approximate surface area is 127 Å². The molecule has 3 rings (SSSR count). The van der Waals surface area contributed by atoms with Crippen LogP contribution in [0.4, 0.5) is 0 Å². The quantitative estimate of drug-likeness (QED) is 0.629. The third-order valence-electron chi connectivity index (χ3n) is 3.80. The van der Waals surface area contributed by atoms with E-state index < -0.39 is 6.89 Å². The summed E-state index contributed by atoms with van der Waals surface area (Å²) < 4.78 is 0. The maximum atomic E-state index is 4.72. The Kier molecular flexibility index (Phi) is 4.08. The molecular formula is C20H19P. The Morgan fingerprint density at radius 1 is 0.571 bits per heavy atom. The SMILES string of the molecule is C=P(Cc1ccccc1)(c1ccccc1)c1ccccc1. The Morgan fingerprint density at radius 3 is 1.38 bits per heavy atom. The standard InChI is InChI=1S/C20H19P/c1-21(19-13-7-3-8-14-19,20-15-9-4-10-16-20)17-18-11-5-2-6-12-18/h2-16H,1,17H2. The smallest absolute Gasteiger partial charge is 0.000401 e. The van der Waals surface area contributed by atoms with Gasteiger partial charge in [0.25, 0.3) is 0 Å². The molecule has 0 N–H and O–H groups in total. The lowest BCUT2D eigenvalue weighted by Gasteiger charge is -2.26. The second-order valence-electron chi connectivity index (χ2n) is 5.28. The number of hydrogen-bond acceptors (Lipinski definition) is 0. The van der Waals surface area contributed by atoms with Crippen molar-refractivity contribution in [2.45, 2.75) is 6.16 Å². The monoisotopic (exact) mass is 290 g/mol. The van der Waals surface area contributed by atoms with Crippen LogP contribution < -0.4 is 10.6 Å². The first kappa shape index (κ1) is 13.9. The van der Waals surface area contributed by atoms with Crippen molar-refractivity contribution in [3.8, 4) is 0 Å². The minimum absolute atomic E-state index is 1.00. The van der Waals surface area contributed by atoms with Crippen molar-refractivity contribution in [2.75, 3.05) is 0 Å². The van der Waals surface area contributed by atoms with E-state index in [1.807, 2.05) is 0 Å². The Balaban J connectivity index is 2.10. The summed E-state index contributed by atoms with van der Waals surface area (Å²) in [5.74, 6) is 0. The second-order valence-corrected chi connectivity index (χ2v) is 8.57. The van der Waals surface area contributed by atoms with Crippen LogP contribution in [0.3, 0.4) is 0 Å². The van der Waals surface area contributed by atoms with Gasteiger partial charge in [-0.05, 0) is 22.3 Å². The zero-order chi connectivity index (χ0) is 14.5. The molecular weight excluding hydrogens is 271 g/mol. The minimum atomic E-state index is -1.65. The number of hydrogen-bond donors (Lipinski definition) is 0. The van der Waals surface area contributed by atoms with Crippen LogP contribution in [0.2, 0.25) is 0 Å². The molecule has 0 bridgehead atoms. The predicted octanol–water partition coefficient (Wildman–Crippen LogP) is 4.29. The molecule has 21 heavy (non-hydrogen) atoms. The van der Waals surface area contributed by atoms with Crippen molar-refractivity contribution < 1.29 is 0 Å². The van der Waals surface area contributed by atoms with Gasteiger partial charge in [-0.1, -0.05) is 104 Å². The van der Waals surface area contributed by atoms with Crippen LogP contribution in [0.25, 0.3) is 0 Å². The molecule has 0 aliphatic rings. The van der Waals surface area contributed by atoms with E-state index in [0.717, 1.165) is 6.16 Å². The summed E-state index contributed by atoms with van der Waals surface area (Å²) in [4.78, 5) is 0. The highest BCUT2D eigenvalue weighted by molar-refractivity contribution is 7.86. The summed E-state index contributed by atoms with van der Waals surface area (Å²) in [5.41, 5.74) is 1.36. The van der Waals surface area contributed by atoms with E-state index in [-0.39, 0.29) is 0 Å². The number of rotatable bonds is 4. The first-order chi connectivity index (χ1) is 10.3. The van der Waals surface area contributed by atoms with E-state index in [1.165, 1.54) is 16.2 Å². The van der Waals surface area contributed by atoms with E-state index in [9.17, 15) is 0 Å². The lowest BCUT2D eigenvalue weighted by atomic mass is 10.2. The summed E-state index contributed by atoms with van der Waals surface area (Å²) in [6, 6.07) is 32.2. The Hall–Kier alpha value is -2.04. The molecule has 0 heterocycles. The molecule has 0 saturated heterocycles. The van der Waals surface area contributed by atoms with Crippen LogP contribution in [-0.2, 0) is 6.16 Å². The molecule has 1 heteroatoms. The summed E-state index contributed by atoms with van der Waals surface area (Å²) in [6.45, 7) is -1.65. The fourth-order valence-electron chi connectivity index (χ4n) is 2.65. The summed E-state index contributed by atoms with van der Waals surface area (Å²) in [6.07, 6.45) is 5.72. The molecule has 104 valence electrons. The van der Waals surface area contributed by atoms with Gasteiger partial charge in [-0.2, -0.15) is 0 Å². The normalized spacial score (nSPS) is 11.2. The Bertz CT molecular complexity index is 687. The Morgan fingerprint density at radius 2 is 0.952 bits per heavy atom. The van der Waals surface area contributed by atoms with Gasteiger partial charge in [0.1, 0.15) is 0 Å². The topological polar surface area (TPSA) is 0 Å². The molecule has 0 atom stereocenters. The van der Waals surface area contributed by atoms with Gasteiger partial charge in [0, 0.05) is 0 Å². The first-order valence-electron chi connectivity index (χ1n) is 7.17. The highest BCUT2D eigenvalue weighted by Crippen LogP contribution is 2.46. The summed E-state index contributed by atoms with van der Waals surface area (Å²) >= 11 is 0. The molecule has 3 aromatic rings. The van der Waals surface area contributed by atoms with Gasteiger partial charge in [0.2, 0.25) is 0 Å². The third kappa shape index (κ3) is 3.01. The number of benzene rings is 3.